The van der Waals surface area contributed by atoms with Crippen molar-refractivity contribution in [2.45, 2.75) is 27.7 Å². The summed E-state index contributed by atoms with van der Waals surface area (Å²) in [6.07, 6.45) is 0. The summed E-state index contributed by atoms with van der Waals surface area (Å²) in [6, 6.07) is 24.3. The van der Waals surface area contributed by atoms with Gasteiger partial charge in [-0.2, -0.15) is 15.8 Å². The molecule has 5 nitrogen and oxygen atoms in total. The average Bonchev–Trinajstić information content (AvgIpc) is 3.63. The average molecular weight is 641 g/mol. The third-order valence-electron chi connectivity index (χ3n) is 6.37. The molecule has 0 amide bonds. The van der Waals surface area contributed by atoms with Gasteiger partial charge in [0, 0.05) is 57.6 Å². The molecule has 0 saturated carbocycles. The Balaban J connectivity index is 0.000000168. The Kier molecular flexibility index (Phi) is 10.4. The van der Waals surface area contributed by atoms with Crippen molar-refractivity contribution in [3.63, 3.8) is 0 Å². The standard InChI is InChI=1S/C11H7NO2S.C11H9NS.C10H7NS.Cu/c1-6-3-2-4-8-9(6)7(5-12)10(15-8)11(13)14;1-7-4-3-5-10-11(7)9(6-12)8(2)13-10;1-7-3-2-4-9-10(7)8(5-11)6-12-9;/h2-4H,1H3,(H,13,14);3-5H,1-2H3;2-4,6H,1H3;. The molecule has 0 spiro atoms. The van der Waals surface area contributed by atoms with Gasteiger partial charge in [-0.1, -0.05) is 36.4 Å². The molecule has 1 radical (unpaired) electrons. The maximum Gasteiger partial charge on any atom is 0.347 e. The number of rotatable bonds is 1. The molecule has 6 aromatic rings. The number of carboxylic acids is 1. The van der Waals surface area contributed by atoms with E-state index in [1.54, 1.807) is 22.7 Å². The van der Waals surface area contributed by atoms with Gasteiger partial charge in [0.05, 0.1) is 16.7 Å². The Bertz CT molecular complexity index is 2030. The van der Waals surface area contributed by atoms with Crippen LogP contribution in [0, 0.1) is 61.7 Å². The molecule has 3 aromatic heterocycles. The van der Waals surface area contributed by atoms with Crippen LogP contribution < -0.4 is 0 Å². The van der Waals surface area contributed by atoms with Crippen molar-refractivity contribution in [3.05, 3.63) is 103 Å². The molecule has 0 aliphatic carbocycles. The predicted octanol–water partition coefficient (Wildman–Crippen LogP) is 9.25. The van der Waals surface area contributed by atoms with Crippen molar-refractivity contribution in [1.82, 2.24) is 0 Å². The number of hydrogen-bond acceptors (Lipinski definition) is 7. The molecule has 41 heavy (non-hydrogen) atoms. The van der Waals surface area contributed by atoms with Gasteiger partial charge in [0.2, 0.25) is 0 Å². The van der Waals surface area contributed by atoms with Crippen LogP contribution in [0.15, 0.2) is 60.0 Å². The van der Waals surface area contributed by atoms with E-state index in [9.17, 15) is 4.79 Å². The summed E-state index contributed by atoms with van der Waals surface area (Å²) in [7, 11) is 0. The number of nitriles is 3. The Labute approximate surface area is 260 Å². The molecule has 6 rings (SSSR count). The number of aryl methyl sites for hydroxylation is 4. The molecule has 9 heteroatoms. The minimum Gasteiger partial charge on any atom is -0.477 e. The van der Waals surface area contributed by atoms with Crippen LogP contribution in [0.3, 0.4) is 0 Å². The number of hydrogen-bond donors (Lipinski definition) is 1. The third-order valence-corrected chi connectivity index (χ3v) is 9.53. The molecule has 0 aliphatic heterocycles. The van der Waals surface area contributed by atoms with Gasteiger partial charge in [0.25, 0.3) is 0 Å². The molecule has 1 N–H and O–H groups in total. The summed E-state index contributed by atoms with van der Waals surface area (Å²) in [5.74, 6) is -1.04. The molecule has 3 aromatic carbocycles. The predicted molar refractivity (Wildman–Crippen MR) is 166 cm³/mol. The maximum atomic E-state index is 10.9. The number of carboxylic acid groups (broad SMARTS) is 1. The van der Waals surface area contributed by atoms with Crippen LogP contribution in [0.2, 0.25) is 0 Å². The van der Waals surface area contributed by atoms with E-state index >= 15 is 0 Å². The quantitative estimate of drug-likeness (QED) is 0.180. The summed E-state index contributed by atoms with van der Waals surface area (Å²) >= 11 is 4.47. The molecule has 0 aliphatic rings. The van der Waals surface area contributed by atoms with Crippen LogP contribution in [-0.4, -0.2) is 11.1 Å². The van der Waals surface area contributed by atoms with Gasteiger partial charge >= 0.3 is 5.97 Å². The normalized spacial score (nSPS) is 9.88. The van der Waals surface area contributed by atoms with E-state index in [1.165, 1.54) is 20.5 Å². The fourth-order valence-electron chi connectivity index (χ4n) is 4.50. The number of fused-ring (bicyclic) bond motifs is 3. The smallest absolute Gasteiger partial charge is 0.347 e. The van der Waals surface area contributed by atoms with Crippen LogP contribution >= 0.6 is 34.0 Å². The van der Waals surface area contributed by atoms with E-state index in [1.807, 2.05) is 74.7 Å². The fourth-order valence-corrected chi connectivity index (χ4v) is 7.62. The Morgan fingerprint density at radius 3 is 1.68 bits per heavy atom. The van der Waals surface area contributed by atoms with Crippen LogP contribution in [0.1, 0.15) is 47.9 Å². The van der Waals surface area contributed by atoms with Crippen LogP contribution in [-0.2, 0) is 17.1 Å². The summed E-state index contributed by atoms with van der Waals surface area (Å²) in [6.45, 7) is 7.97. The van der Waals surface area contributed by atoms with Crippen LogP contribution in [0.5, 0.6) is 0 Å². The van der Waals surface area contributed by atoms with E-state index in [-0.39, 0.29) is 27.5 Å². The zero-order valence-corrected chi connectivity index (χ0v) is 25.9. The molecule has 3 heterocycles. The van der Waals surface area contributed by atoms with Gasteiger partial charge in [0.1, 0.15) is 23.1 Å². The van der Waals surface area contributed by atoms with E-state index in [2.05, 4.69) is 31.2 Å². The van der Waals surface area contributed by atoms with Crippen molar-refractivity contribution >= 4 is 70.2 Å². The number of benzene rings is 3. The molecule has 0 atom stereocenters. The van der Waals surface area contributed by atoms with Gasteiger partial charge in [-0.15, -0.1) is 34.0 Å². The van der Waals surface area contributed by atoms with E-state index in [4.69, 9.17) is 20.9 Å². The van der Waals surface area contributed by atoms with Crippen molar-refractivity contribution in [1.29, 1.82) is 15.8 Å². The Morgan fingerprint density at radius 2 is 1.17 bits per heavy atom. The minimum absolute atomic E-state index is 0. The van der Waals surface area contributed by atoms with Gasteiger partial charge in [-0.25, -0.2) is 4.79 Å². The third kappa shape index (κ3) is 6.34. The first-order valence-corrected chi connectivity index (χ1v) is 14.6. The van der Waals surface area contributed by atoms with Crippen molar-refractivity contribution in [2.75, 3.05) is 0 Å². The Morgan fingerprint density at radius 1 is 0.683 bits per heavy atom. The molecule has 0 fully saturated rings. The van der Waals surface area contributed by atoms with Crippen molar-refractivity contribution in [3.8, 4) is 18.2 Å². The largest absolute Gasteiger partial charge is 0.477 e. The second-order valence-corrected chi connectivity index (χ2v) is 12.2. The molecule has 0 bridgehead atoms. The number of thiophene rings is 3. The molecular formula is C32H23CuN3O2S3. The van der Waals surface area contributed by atoms with E-state index in [0.717, 1.165) is 53.8 Å². The zero-order valence-electron chi connectivity index (χ0n) is 22.5. The second kappa shape index (κ2) is 13.6. The zero-order chi connectivity index (χ0) is 29.0. The first-order chi connectivity index (χ1) is 19.2. The van der Waals surface area contributed by atoms with E-state index in [0.29, 0.717) is 0 Å². The van der Waals surface area contributed by atoms with Crippen molar-refractivity contribution in [2.24, 2.45) is 0 Å². The number of aromatic carboxylic acids is 1. The first kappa shape index (κ1) is 31.5. The summed E-state index contributed by atoms with van der Waals surface area (Å²) < 4.78 is 3.27. The molecular weight excluding hydrogens is 618 g/mol. The van der Waals surface area contributed by atoms with Gasteiger partial charge < -0.3 is 5.11 Å². The topological polar surface area (TPSA) is 109 Å². The summed E-state index contributed by atoms with van der Waals surface area (Å²) in [4.78, 5) is 12.2. The summed E-state index contributed by atoms with van der Waals surface area (Å²) in [5.41, 5.74) is 5.24. The first-order valence-electron chi connectivity index (χ1n) is 12.1. The minimum atomic E-state index is -1.04. The molecule has 207 valence electrons. The molecule has 0 unspecified atom stereocenters. The van der Waals surface area contributed by atoms with Gasteiger partial charge in [-0.3, -0.25) is 0 Å². The van der Waals surface area contributed by atoms with Gasteiger partial charge in [-0.05, 0) is 62.6 Å². The number of carbonyl (C=O) groups is 1. The Hall–Kier alpha value is -4.00. The fraction of sp³-hybridized carbons (Fsp3) is 0.125. The monoisotopic (exact) mass is 640 g/mol. The number of nitrogens with zero attached hydrogens (tertiary/aromatic N) is 3. The molecule has 0 saturated heterocycles. The van der Waals surface area contributed by atoms with Crippen molar-refractivity contribution < 1.29 is 27.0 Å². The second-order valence-electron chi connectivity index (χ2n) is 8.97. The van der Waals surface area contributed by atoms with Crippen LogP contribution in [0.25, 0.3) is 30.3 Å². The van der Waals surface area contributed by atoms with Gasteiger partial charge in [0.15, 0.2) is 0 Å². The van der Waals surface area contributed by atoms with E-state index < -0.39 is 5.97 Å². The van der Waals surface area contributed by atoms with Crippen LogP contribution in [0.4, 0.5) is 0 Å². The SMILES string of the molecule is Cc1cccc2sc(C(=O)O)c(C#N)c12.Cc1cccc2scc(C#N)c12.Cc1sc2cccc(C)c2c1C#N.[Cu]. The maximum absolute atomic E-state index is 10.9. The summed E-state index contributed by atoms with van der Waals surface area (Å²) in [5, 5.41) is 40.6.